The van der Waals surface area contributed by atoms with E-state index in [0.717, 1.165) is 11.6 Å². The van der Waals surface area contributed by atoms with Gasteiger partial charge >= 0.3 is 0 Å². The fourth-order valence-electron chi connectivity index (χ4n) is 4.84. The molecule has 2 aliphatic rings. The molecule has 1 spiro atoms. The zero-order valence-corrected chi connectivity index (χ0v) is 16.8. The van der Waals surface area contributed by atoms with Gasteiger partial charge in [-0.25, -0.2) is 8.78 Å². The summed E-state index contributed by atoms with van der Waals surface area (Å²) in [4.78, 5) is 13.4. The first-order valence-corrected chi connectivity index (χ1v) is 9.81. The van der Waals surface area contributed by atoms with E-state index in [1.165, 1.54) is 6.07 Å². The van der Waals surface area contributed by atoms with Crippen molar-refractivity contribution < 1.29 is 13.6 Å². The lowest BCUT2D eigenvalue weighted by Gasteiger charge is -2.37. The molecule has 0 bridgehead atoms. The average molecular weight is 405 g/mol. The molecule has 148 valence electrons. The van der Waals surface area contributed by atoms with E-state index in [1.54, 1.807) is 18.2 Å². The highest BCUT2D eigenvalue weighted by Gasteiger charge is 2.61. The molecule has 3 unspecified atom stereocenters. The number of hydrogen-bond acceptors (Lipinski definition) is 2. The predicted octanol–water partition coefficient (Wildman–Crippen LogP) is 5.00. The highest BCUT2D eigenvalue weighted by molar-refractivity contribution is 6.31. The Labute approximate surface area is 168 Å². The van der Waals surface area contributed by atoms with Crippen LogP contribution in [0.4, 0.5) is 14.5 Å². The molecule has 1 saturated heterocycles. The molecule has 1 amide bonds. The zero-order valence-electron chi connectivity index (χ0n) is 16.1. The van der Waals surface area contributed by atoms with E-state index in [-0.39, 0.29) is 22.9 Å². The number of anilines is 1. The van der Waals surface area contributed by atoms with Crippen LogP contribution in [0.25, 0.3) is 0 Å². The van der Waals surface area contributed by atoms with Gasteiger partial charge in [0, 0.05) is 29.2 Å². The van der Waals surface area contributed by atoms with Crippen molar-refractivity contribution in [2.45, 2.75) is 44.6 Å². The summed E-state index contributed by atoms with van der Waals surface area (Å²) in [5.74, 6) is -2.52. The van der Waals surface area contributed by atoms with Gasteiger partial charge in [-0.05, 0) is 41.2 Å². The summed E-state index contributed by atoms with van der Waals surface area (Å²) in [6, 6.07) is 9.25. The molecule has 0 radical (unpaired) electrons. The van der Waals surface area contributed by atoms with E-state index in [4.69, 9.17) is 11.6 Å². The summed E-state index contributed by atoms with van der Waals surface area (Å²) in [5.41, 5.74) is 0.565. The number of rotatable bonds is 2. The Kier molecular flexibility index (Phi) is 4.51. The summed E-state index contributed by atoms with van der Waals surface area (Å²) >= 11 is 6.13. The fourth-order valence-corrected chi connectivity index (χ4v) is 5.01. The third-order valence-corrected chi connectivity index (χ3v) is 6.13. The van der Waals surface area contributed by atoms with Gasteiger partial charge in [-0.2, -0.15) is 0 Å². The maximum atomic E-state index is 14.8. The van der Waals surface area contributed by atoms with Crippen LogP contribution in [0.3, 0.4) is 0 Å². The molecule has 0 saturated carbocycles. The van der Waals surface area contributed by atoms with Gasteiger partial charge < -0.3 is 10.6 Å². The number of hydrogen-bond donors (Lipinski definition) is 2. The second-order valence-electron chi connectivity index (χ2n) is 8.93. The van der Waals surface area contributed by atoms with Crippen molar-refractivity contribution in [2.24, 2.45) is 5.41 Å². The number of fused-ring (bicyclic) bond motifs is 2. The maximum Gasteiger partial charge on any atom is 0.237 e. The van der Waals surface area contributed by atoms with Crippen LogP contribution in [0.5, 0.6) is 0 Å². The Bertz CT molecular complexity index is 956. The third-order valence-electron chi connectivity index (χ3n) is 5.89. The van der Waals surface area contributed by atoms with Gasteiger partial charge in [-0.1, -0.05) is 50.6 Å². The zero-order chi connectivity index (χ0) is 20.3. The molecule has 2 N–H and O–H groups in total. The number of amides is 1. The fraction of sp³-hybridized carbons (Fsp3) is 0.409. The molecule has 4 rings (SSSR count). The van der Waals surface area contributed by atoms with Gasteiger partial charge in [0.1, 0.15) is 0 Å². The molecule has 2 heterocycles. The van der Waals surface area contributed by atoms with Crippen LogP contribution in [0.2, 0.25) is 5.02 Å². The van der Waals surface area contributed by atoms with Crippen molar-refractivity contribution >= 4 is 23.2 Å². The molecule has 28 heavy (non-hydrogen) atoms. The Morgan fingerprint density at radius 1 is 1.21 bits per heavy atom. The average Bonchev–Trinajstić information content (AvgIpc) is 3.09. The summed E-state index contributed by atoms with van der Waals surface area (Å²) in [6.45, 7) is 6.70. The van der Waals surface area contributed by atoms with Crippen LogP contribution < -0.4 is 10.6 Å². The van der Waals surface area contributed by atoms with E-state index in [2.05, 4.69) is 31.4 Å². The summed E-state index contributed by atoms with van der Waals surface area (Å²) in [7, 11) is 0. The first-order valence-electron chi connectivity index (χ1n) is 9.43. The largest absolute Gasteiger partial charge is 0.325 e. The normalized spacial score (nSPS) is 26.6. The highest BCUT2D eigenvalue weighted by atomic mass is 35.5. The molecular formula is C22H23ClF2N2O. The molecule has 0 aromatic heterocycles. The molecular weight excluding hydrogens is 382 g/mol. The number of nitrogens with one attached hydrogen (secondary N) is 2. The van der Waals surface area contributed by atoms with Crippen LogP contribution in [-0.2, 0) is 10.2 Å². The van der Waals surface area contributed by atoms with Gasteiger partial charge in [0.15, 0.2) is 11.6 Å². The van der Waals surface area contributed by atoms with Gasteiger partial charge in [0.2, 0.25) is 5.91 Å². The number of halogens is 3. The number of carbonyl (C=O) groups is 1. The minimum Gasteiger partial charge on any atom is -0.325 e. The van der Waals surface area contributed by atoms with Crippen molar-refractivity contribution in [1.29, 1.82) is 0 Å². The van der Waals surface area contributed by atoms with Gasteiger partial charge in [0.05, 0.1) is 5.41 Å². The van der Waals surface area contributed by atoms with Gasteiger partial charge in [-0.15, -0.1) is 0 Å². The molecule has 0 aliphatic carbocycles. The molecule has 2 aromatic carbocycles. The first kappa shape index (κ1) is 19.3. The molecule has 3 atom stereocenters. The maximum absolute atomic E-state index is 14.8. The standard InChI is InChI=1S/C22H23ClF2N2O/c1-21(2,3)10-18-22(14-8-7-12(23)9-17(14)27-20(22)28)15(11-26-18)13-5-4-6-16(24)19(13)25/h4-9,15,18,26H,10-11H2,1-3H3,(H,27,28). The molecule has 1 fully saturated rings. The van der Waals surface area contributed by atoms with Crippen LogP contribution in [0, 0.1) is 17.0 Å². The second kappa shape index (κ2) is 6.53. The van der Waals surface area contributed by atoms with E-state index in [9.17, 15) is 13.6 Å². The lowest BCUT2D eigenvalue weighted by Crippen LogP contribution is -2.49. The Morgan fingerprint density at radius 3 is 2.68 bits per heavy atom. The van der Waals surface area contributed by atoms with Crippen molar-refractivity contribution in [1.82, 2.24) is 5.32 Å². The molecule has 2 aliphatic heterocycles. The minimum atomic E-state index is -1.03. The summed E-state index contributed by atoms with van der Waals surface area (Å²) < 4.78 is 28.8. The highest BCUT2D eigenvalue weighted by Crippen LogP contribution is 2.54. The van der Waals surface area contributed by atoms with Crippen LogP contribution >= 0.6 is 11.6 Å². The Balaban J connectivity index is 1.94. The van der Waals surface area contributed by atoms with Crippen molar-refractivity contribution in [3.8, 4) is 0 Å². The molecule has 6 heteroatoms. The van der Waals surface area contributed by atoms with Crippen LogP contribution in [-0.4, -0.2) is 18.5 Å². The smallest absolute Gasteiger partial charge is 0.237 e. The van der Waals surface area contributed by atoms with Crippen molar-refractivity contribution in [3.05, 3.63) is 64.2 Å². The quantitative estimate of drug-likeness (QED) is 0.739. The monoisotopic (exact) mass is 404 g/mol. The van der Waals surface area contributed by atoms with Crippen molar-refractivity contribution in [2.75, 3.05) is 11.9 Å². The SMILES string of the molecule is CC(C)(C)CC1NCC(c2cccc(F)c2F)C12C(=O)Nc1cc(Cl)ccc12. The minimum absolute atomic E-state index is 0.0600. The molecule has 3 nitrogen and oxygen atoms in total. The lowest BCUT2D eigenvalue weighted by molar-refractivity contribution is -0.121. The molecule has 2 aromatic rings. The number of carbonyl (C=O) groups excluding carboxylic acids is 1. The third kappa shape index (κ3) is 2.83. The van der Waals surface area contributed by atoms with Crippen LogP contribution in [0.1, 0.15) is 44.2 Å². The van der Waals surface area contributed by atoms with E-state index in [0.29, 0.717) is 23.7 Å². The van der Waals surface area contributed by atoms with E-state index < -0.39 is 23.0 Å². The second-order valence-corrected chi connectivity index (χ2v) is 9.37. The number of benzene rings is 2. The van der Waals surface area contributed by atoms with E-state index in [1.807, 2.05) is 6.07 Å². The van der Waals surface area contributed by atoms with Crippen molar-refractivity contribution in [3.63, 3.8) is 0 Å². The lowest BCUT2D eigenvalue weighted by atomic mass is 9.64. The summed E-state index contributed by atoms with van der Waals surface area (Å²) in [5, 5.41) is 6.90. The predicted molar refractivity (Wildman–Crippen MR) is 107 cm³/mol. The van der Waals surface area contributed by atoms with Gasteiger partial charge in [0.25, 0.3) is 0 Å². The van der Waals surface area contributed by atoms with E-state index >= 15 is 0 Å². The van der Waals surface area contributed by atoms with Gasteiger partial charge in [-0.3, -0.25) is 4.79 Å². The van der Waals surface area contributed by atoms with Crippen LogP contribution in [0.15, 0.2) is 36.4 Å². The Hall–Kier alpha value is -1.98. The first-order chi connectivity index (χ1) is 13.1. The topological polar surface area (TPSA) is 41.1 Å². The Morgan fingerprint density at radius 2 is 1.96 bits per heavy atom. The summed E-state index contributed by atoms with van der Waals surface area (Å²) in [6.07, 6.45) is 0.704.